The zero-order chi connectivity index (χ0) is 12.8. The topological polar surface area (TPSA) is 36.4 Å². The fourth-order valence-corrected chi connectivity index (χ4v) is 2.28. The quantitative estimate of drug-likeness (QED) is 0.773. The number of piperazine rings is 1. The third-order valence-electron chi connectivity index (χ3n) is 3.15. The molecule has 1 fully saturated rings. The fraction of sp³-hybridized carbons (Fsp3) is 0.538. The highest BCUT2D eigenvalue weighted by Crippen LogP contribution is 2.07. The molecule has 0 bridgehead atoms. The van der Waals surface area contributed by atoms with E-state index in [0.29, 0.717) is 12.3 Å². The van der Waals surface area contributed by atoms with E-state index in [1.807, 2.05) is 29.3 Å². The van der Waals surface area contributed by atoms with Gasteiger partial charge in [-0.2, -0.15) is 0 Å². The first-order valence-corrected chi connectivity index (χ1v) is 6.79. The van der Waals surface area contributed by atoms with Crippen molar-refractivity contribution in [2.75, 3.05) is 32.1 Å². The lowest BCUT2D eigenvalue weighted by atomic mass is 10.2. The van der Waals surface area contributed by atoms with Crippen molar-refractivity contribution in [1.82, 2.24) is 14.8 Å². The van der Waals surface area contributed by atoms with E-state index in [4.69, 9.17) is 11.6 Å². The smallest absolute Gasteiger partial charge is 0.223 e. The van der Waals surface area contributed by atoms with E-state index in [0.717, 1.165) is 38.4 Å². The molecule has 2 heterocycles. The number of alkyl halides is 1. The SMILES string of the molecule is O=C(CCCl)N1CCN(Cc2ccccn2)CC1. The van der Waals surface area contributed by atoms with Crippen LogP contribution in [0, 0.1) is 0 Å². The molecule has 0 radical (unpaired) electrons. The van der Waals surface area contributed by atoms with Crippen LogP contribution in [0.2, 0.25) is 0 Å². The summed E-state index contributed by atoms with van der Waals surface area (Å²) in [7, 11) is 0. The summed E-state index contributed by atoms with van der Waals surface area (Å²) in [5.41, 5.74) is 1.08. The van der Waals surface area contributed by atoms with Crippen molar-refractivity contribution in [1.29, 1.82) is 0 Å². The van der Waals surface area contributed by atoms with Crippen molar-refractivity contribution < 1.29 is 4.79 Å². The first-order chi connectivity index (χ1) is 8.79. The summed E-state index contributed by atoms with van der Waals surface area (Å²) < 4.78 is 0. The molecular formula is C13H18ClN3O. The van der Waals surface area contributed by atoms with Gasteiger partial charge < -0.3 is 4.90 Å². The molecule has 0 spiro atoms. The molecule has 18 heavy (non-hydrogen) atoms. The second-order valence-corrected chi connectivity index (χ2v) is 4.79. The van der Waals surface area contributed by atoms with Crippen molar-refractivity contribution in [2.45, 2.75) is 13.0 Å². The molecule has 0 atom stereocenters. The molecule has 1 amide bonds. The number of hydrogen-bond acceptors (Lipinski definition) is 3. The number of nitrogens with zero attached hydrogens (tertiary/aromatic N) is 3. The van der Waals surface area contributed by atoms with Gasteiger partial charge in [0.15, 0.2) is 0 Å². The van der Waals surface area contributed by atoms with Crippen LogP contribution in [0.5, 0.6) is 0 Å². The van der Waals surface area contributed by atoms with Crippen molar-refractivity contribution >= 4 is 17.5 Å². The van der Waals surface area contributed by atoms with E-state index in [2.05, 4.69) is 9.88 Å². The molecule has 0 N–H and O–H groups in total. The third-order valence-corrected chi connectivity index (χ3v) is 3.33. The molecule has 0 unspecified atom stereocenters. The van der Waals surface area contributed by atoms with Crippen LogP contribution in [0.15, 0.2) is 24.4 Å². The maximum atomic E-state index is 11.7. The molecule has 1 aromatic rings. The number of carbonyl (C=O) groups excluding carboxylic acids is 1. The average Bonchev–Trinajstić information content (AvgIpc) is 2.41. The molecule has 98 valence electrons. The molecule has 5 heteroatoms. The minimum Gasteiger partial charge on any atom is -0.340 e. The maximum absolute atomic E-state index is 11.7. The number of hydrogen-bond donors (Lipinski definition) is 0. The second kappa shape index (κ2) is 6.71. The average molecular weight is 268 g/mol. The predicted molar refractivity (Wildman–Crippen MR) is 71.4 cm³/mol. The normalized spacial score (nSPS) is 16.8. The third kappa shape index (κ3) is 3.68. The minimum atomic E-state index is 0.169. The lowest BCUT2D eigenvalue weighted by Gasteiger charge is -2.34. The monoisotopic (exact) mass is 267 g/mol. The largest absolute Gasteiger partial charge is 0.340 e. The Morgan fingerprint density at radius 1 is 1.28 bits per heavy atom. The van der Waals surface area contributed by atoms with Gasteiger partial charge in [0.05, 0.1) is 5.69 Å². The first-order valence-electron chi connectivity index (χ1n) is 6.25. The van der Waals surface area contributed by atoms with Crippen molar-refractivity contribution in [3.63, 3.8) is 0 Å². The highest BCUT2D eigenvalue weighted by Gasteiger charge is 2.20. The molecule has 1 saturated heterocycles. The standard InChI is InChI=1S/C13H18ClN3O/c14-5-4-13(18)17-9-7-16(8-10-17)11-12-3-1-2-6-15-12/h1-3,6H,4-5,7-11H2. The van der Waals surface area contributed by atoms with Crippen LogP contribution in [0.3, 0.4) is 0 Å². The Labute approximate surface area is 113 Å². The van der Waals surface area contributed by atoms with Crippen LogP contribution in [0.25, 0.3) is 0 Å². The summed E-state index contributed by atoms with van der Waals surface area (Å²) >= 11 is 5.59. The van der Waals surface area contributed by atoms with Crippen LogP contribution < -0.4 is 0 Å². The molecule has 1 aliphatic rings. The summed E-state index contributed by atoms with van der Waals surface area (Å²) in [5, 5.41) is 0. The van der Waals surface area contributed by atoms with E-state index in [1.165, 1.54) is 0 Å². The van der Waals surface area contributed by atoms with Crippen LogP contribution >= 0.6 is 11.6 Å². The summed E-state index contributed by atoms with van der Waals surface area (Å²) in [6.45, 7) is 4.26. The summed E-state index contributed by atoms with van der Waals surface area (Å²) in [6.07, 6.45) is 2.26. The van der Waals surface area contributed by atoms with E-state index < -0.39 is 0 Å². The molecule has 2 rings (SSSR count). The Morgan fingerprint density at radius 3 is 2.67 bits per heavy atom. The Balaban J connectivity index is 1.78. The number of pyridine rings is 1. The summed E-state index contributed by atoms with van der Waals surface area (Å²) in [5.74, 6) is 0.579. The molecule has 0 aromatic carbocycles. The van der Waals surface area contributed by atoms with Crippen LogP contribution in [-0.2, 0) is 11.3 Å². The minimum absolute atomic E-state index is 0.169. The number of halogens is 1. The predicted octanol–water partition coefficient (Wildman–Crippen LogP) is 1.35. The van der Waals surface area contributed by atoms with Gasteiger partial charge in [0.25, 0.3) is 0 Å². The summed E-state index contributed by atoms with van der Waals surface area (Å²) in [6, 6.07) is 5.96. The Kier molecular flexibility index (Phi) is 4.96. The number of amides is 1. The van der Waals surface area contributed by atoms with Crippen LogP contribution in [0.4, 0.5) is 0 Å². The van der Waals surface area contributed by atoms with Gasteiger partial charge in [-0.25, -0.2) is 0 Å². The van der Waals surface area contributed by atoms with Gasteiger partial charge in [-0.15, -0.1) is 11.6 Å². The van der Waals surface area contributed by atoms with Gasteiger partial charge >= 0.3 is 0 Å². The highest BCUT2D eigenvalue weighted by molar-refractivity contribution is 6.18. The maximum Gasteiger partial charge on any atom is 0.223 e. The van der Waals surface area contributed by atoms with Crippen molar-refractivity contribution in [2.24, 2.45) is 0 Å². The van der Waals surface area contributed by atoms with E-state index >= 15 is 0 Å². The van der Waals surface area contributed by atoms with Crippen LogP contribution in [0.1, 0.15) is 12.1 Å². The van der Waals surface area contributed by atoms with Crippen molar-refractivity contribution in [3.8, 4) is 0 Å². The van der Waals surface area contributed by atoms with Crippen LogP contribution in [-0.4, -0.2) is 52.8 Å². The Bertz CT molecular complexity index is 377. The molecule has 4 nitrogen and oxygen atoms in total. The number of rotatable bonds is 4. The fourth-order valence-electron chi connectivity index (χ4n) is 2.12. The molecule has 0 aliphatic carbocycles. The van der Waals surface area contributed by atoms with Gasteiger partial charge in [-0.3, -0.25) is 14.7 Å². The molecular weight excluding hydrogens is 250 g/mol. The lowest BCUT2D eigenvalue weighted by molar-refractivity contribution is -0.132. The zero-order valence-corrected chi connectivity index (χ0v) is 11.1. The van der Waals surface area contributed by atoms with Gasteiger partial charge in [0.1, 0.15) is 0 Å². The Morgan fingerprint density at radius 2 is 2.06 bits per heavy atom. The molecule has 1 aliphatic heterocycles. The number of carbonyl (C=O) groups is 1. The second-order valence-electron chi connectivity index (χ2n) is 4.42. The van der Waals surface area contributed by atoms with Gasteiger partial charge in [0, 0.05) is 51.2 Å². The lowest BCUT2D eigenvalue weighted by Crippen LogP contribution is -2.48. The van der Waals surface area contributed by atoms with Gasteiger partial charge in [-0.1, -0.05) is 6.07 Å². The molecule has 0 saturated carbocycles. The van der Waals surface area contributed by atoms with Gasteiger partial charge in [-0.05, 0) is 12.1 Å². The van der Waals surface area contributed by atoms with E-state index in [-0.39, 0.29) is 5.91 Å². The molecule has 1 aromatic heterocycles. The Hall–Kier alpha value is -1.13. The number of aromatic nitrogens is 1. The van der Waals surface area contributed by atoms with Gasteiger partial charge in [0.2, 0.25) is 5.91 Å². The van der Waals surface area contributed by atoms with E-state index in [9.17, 15) is 4.79 Å². The first kappa shape index (κ1) is 13.3. The highest BCUT2D eigenvalue weighted by atomic mass is 35.5. The zero-order valence-electron chi connectivity index (χ0n) is 10.4. The summed E-state index contributed by atoms with van der Waals surface area (Å²) in [4.78, 5) is 20.2. The van der Waals surface area contributed by atoms with Crippen molar-refractivity contribution in [3.05, 3.63) is 30.1 Å². The van der Waals surface area contributed by atoms with E-state index in [1.54, 1.807) is 0 Å².